The summed E-state index contributed by atoms with van der Waals surface area (Å²) in [5.74, 6) is -0.720. The fourth-order valence-corrected chi connectivity index (χ4v) is 5.32. The maximum absolute atomic E-state index is 5.95. The van der Waals surface area contributed by atoms with Gasteiger partial charge in [0, 0.05) is 0 Å². The smallest absolute Gasteiger partial charge is 0.0971 e. The molecule has 0 spiro atoms. The van der Waals surface area contributed by atoms with Gasteiger partial charge in [0.25, 0.3) is 0 Å². The van der Waals surface area contributed by atoms with Crippen LogP contribution in [0.3, 0.4) is 0 Å². The standard InChI is InChI=1S/C6Cl13/c7-2(8,5(15,16)6(17,18)19)1(3(9,10)11)4(12,13)14. The maximum atomic E-state index is 5.95. The molecule has 0 aliphatic heterocycles. The van der Waals surface area contributed by atoms with Crippen LogP contribution < -0.4 is 0 Å². The number of alkyl halides is 13. The van der Waals surface area contributed by atoms with Crippen molar-refractivity contribution in [3.05, 3.63) is 5.92 Å². The molecule has 0 aromatic rings. The van der Waals surface area contributed by atoms with Gasteiger partial charge in [-0.2, -0.15) is 0 Å². The third kappa shape index (κ3) is 5.38. The van der Waals surface area contributed by atoms with Gasteiger partial charge in [0.15, 0.2) is 8.67 Å². The highest BCUT2D eigenvalue weighted by molar-refractivity contribution is 6.81. The first kappa shape index (κ1) is 22.8. The Morgan fingerprint density at radius 2 is 0.737 bits per heavy atom. The SMILES string of the molecule is ClC(Cl)(Cl)[C](C(Cl)(Cl)Cl)C(Cl)(Cl)C(Cl)(Cl)C(Cl)(Cl)Cl. The Morgan fingerprint density at radius 3 is 0.895 bits per heavy atom. The molecular formula is C6Cl13. The second kappa shape index (κ2) is 6.95. The lowest BCUT2D eigenvalue weighted by Crippen LogP contribution is -2.56. The van der Waals surface area contributed by atoms with Crippen LogP contribution in [0.5, 0.6) is 0 Å². The fourth-order valence-electron chi connectivity index (χ4n) is 0.852. The zero-order valence-corrected chi connectivity index (χ0v) is 17.7. The van der Waals surface area contributed by atoms with E-state index in [1.807, 2.05) is 0 Å². The monoisotopic (exact) mass is 527 g/mol. The molecule has 0 amide bonds. The van der Waals surface area contributed by atoms with Gasteiger partial charge in [-0.3, -0.25) is 0 Å². The summed E-state index contributed by atoms with van der Waals surface area (Å²) in [5.41, 5.74) is 0. The molecular weight excluding hydrogens is 533 g/mol. The van der Waals surface area contributed by atoms with E-state index in [0.29, 0.717) is 0 Å². The molecule has 0 heterocycles. The van der Waals surface area contributed by atoms with Crippen LogP contribution in [0.4, 0.5) is 0 Å². The van der Waals surface area contributed by atoms with Crippen molar-refractivity contribution < 1.29 is 0 Å². The molecule has 0 saturated carbocycles. The van der Waals surface area contributed by atoms with E-state index in [1.165, 1.54) is 0 Å². The van der Waals surface area contributed by atoms with E-state index in [1.54, 1.807) is 0 Å². The minimum atomic E-state index is -2.53. The van der Waals surface area contributed by atoms with Crippen LogP contribution in [-0.4, -0.2) is 20.0 Å². The molecule has 19 heavy (non-hydrogen) atoms. The molecule has 1 radical (unpaired) electrons. The largest absolute Gasteiger partial charge is 0.226 e. The minimum Gasteiger partial charge on any atom is -0.0971 e. The summed E-state index contributed by atoms with van der Waals surface area (Å²) in [4.78, 5) is 0. The van der Waals surface area contributed by atoms with Gasteiger partial charge in [0.2, 0.25) is 11.4 Å². The molecule has 0 N–H and O–H groups in total. The Labute approximate surface area is 175 Å². The van der Waals surface area contributed by atoms with Gasteiger partial charge in [-0.1, -0.05) is 151 Å². The van der Waals surface area contributed by atoms with Crippen molar-refractivity contribution in [3.63, 3.8) is 0 Å². The second-order valence-electron chi connectivity index (χ2n) is 3.02. The van der Waals surface area contributed by atoms with Crippen LogP contribution in [0.2, 0.25) is 0 Å². The zero-order valence-electron chi connectivity index (χ0n) is 7.91. The molecule has 0 fully saturated rings. The van der Waals surface area contributed by atoms with E-state index in [4.69, 9.17) is 151 Å². The number of hydrogen-bond acceptors (Lipinski definition) is 0. The topological polar surface area (TPSA) is 0 Å². The Morgan fingerprint density at radius 1 is 0.474 bits per heavy atom. The first-order chi connectivity index (χ1) is 7.87. The second-order valence-corrected chi connectivity index (χ2v) is 12.5. The Bertz CT molecular complexity index is 299. The molecule has 0 atom stereocenters. The van der Waals surface area contributed by atoms with E-state index in [9.17, 15) is 0 Å². The summed E-state index contributed by atoms with van der Waals surface area (Å²) >= 11 is 74.2. The van der Waals surface area contributed by atoms with Crippen LogP contribution in [0.1, 0.15) is 0 Å². The quantitative estimate of drug-likeness (QED) is 0.316. The molecule has 0 unspecified atom stereocenters. The highest BCUT2D eigenvalue weighted by Gasteiger charge is 2.70. The third-order valence-electron chi connectivity index (χ3n) is 1.63. The summed E-state index contributed by atoms with van der Waals surface area (Å²) in [5, 5.41) is 0. The molecule has 115 valence electrons. The normalized spacial score (nSPS) is 16.1. The van der Waals surface area contributed by atoms with Gasteiger partial charge in [-0.15, -0.1) is 0 Å². The van der Waals surface area contributed by atoms with E-state index in [2.05, 4.69) is 0 Å². The zero-order chi connectivity index (χ0) is 16.1. The molecule has 0 aromatic heterocycles. The van der Waals surface area contributed by atoms with Crippen LogP contribution in [0.25, 0.3) is 0 Å². The lowest BCUT2D eigenvalue weighted by atomic mass is 10.0. The third-order valence-corrected chi connectivity index (χ3v) is 6.66. The van der Waals surface area contributed by atoms with Gasteiger partial charge in [-0.05, 0) is 0 Å². The Balaban J connectivity index is 5.97. The summed E-state index contributed by atoms with van der Waals surface area (Å²) < 4.78 is -12.1. The number of halogens is 13. The first-order valence-electron chi connectivity index (χ1n) is 3.71. The lowest BCUT2D eigenvalue weighted by Gasteiger charge is -2.46. The molecule has 0 nitrogen and oxygen atoms in total. The first-order valence-corrected chi connectivity index (χ1v) is 8.62. The molecule has 0 bridgehead atoms. The Kier molecular flexibility index (Phi) is 8.32. The van der Waals surface area contributed by atoms with Crippen molar-refractivity contribution in [2.24, 2.45) is 0 Å². The van der Waals surface area contributed by atoms with Crippen molar-refractivity contribution in [2.45, 2.75) is 20.0 Å². The number of rotatable bonds is 2. The van der Waals surface area contributed by atoms with Gasteiger partial charge in [0.1, 0.15) is 5.92 Å². The van der Waals surface area contributed by atoms with E-state index >= 15 is 0 Å². The average Bonchev–Trinajstić information content (AvgIpc) is 1.92. The number of hydrogen-bond donors (Lipinski definition) is 0. The Hall–Kier alpha value is 3.77. The predicted octanol–water partition coefficient (Wildman–Crippen LogP) is 8.02. The van der Waals surface area contributed by atoms with Gasteiger partial charge in [0.05, 0.1) is 0 Å². The molecule has 0 saturated heterocycles. The molecule has 0 aliphatic carbocycles. The van der Waals surface area contributed by atoms with Crippen LogP contribution in [0.15, 0.2) is 0 Å². The van der Waals surface area contributed by atoms with E-state index in [0.717, 1.165) is 0 Å². The van der Waals surface area contributed by atoms with Gasteiger partial charge >= 0.3 is 0 Å². The maximum Gasteiger partial charge on any atom is 0.226 e. The van der Waals surface area contributed by atoms with Crippen LogP contribution in [-0.2, 0) is 0 Å². The van der Waals surface area contributed by atoms with Crippen molar-refractivity contribution in [1.82, 2.24) is 0 Å². The molecule has 13 heteroatoms. The van der Waals surface area contributed by atoms with Crippen molar-refractivity contribution in [2.75, 3.05) is 0 Å². The van der Waals surface area contributed by atoms with Crippen LogP contribution >= 0.6 is 151 Å². The highest BCUT2D eigenvalue weighted by atomic mass is 35.6. The molecule has 0 aromatic carbocycles. The minimum absolute atomic E-state index is 0.720. The summed E-state index contributed by atoms with van der Waals surface area (Å²) in [6.45, 7) is 0. The summed E-state index contributed by atoms with van der Waals surface area (Å²) in [7, 11) is 0. The average molecular weight is 533 g/mol. The van der Waals surface area contributed by atoms with Crippen LogP contribution in [0, 0.1) is 5.92 Å². The van der Waals surface area contributed by atoms with Crippen molar-refractivity contribution in [3.8, 4) is 0 Å². The van der Waals surface area contributed by atoms with Gasteiger partial charge in [-0.25, -0.2) is 0 Å². The predicted molar refractivity (Wildman–Crippen MR) is 93.0 cm³/mol. The van der Waals surface area contributed by atoms with E-state index < -0.39 is 26.0 Å². The van der Waals surface area contributed by atoms with Crippen molar-refractivity contribution in [1.29, 1.82) is 0 Å². The highest BCUT2D eigenvalue weighted by Crippen LogP contribution is 2.67. The van der Waals surface area contributed by atoms with E-state index in [-0.39, 0.29) is 0 Å². The lowest BCUT2D eigenvalue weighted by molar-refractivity contribution is 0.634. The molecule has 0 aliphatic rings. The van der Waals surface area contributed by atoms with Gasteiger partial charge < -0.3 is 0 Å². The molecule has 0 rings (SSSR count). The fraction of sp³-hybridized carbons (Fsp3) is 0.833. The summed E-state index contributed by atoms with van der Waals surface area (Å²) in [6, 6.07) is 0. The van der Waals surface area contributed by atoms with Crippen molar-refractivity contribution >= 4 is 151 Å². The summed E-state index contributed by atoms with van der Waals surface area (Å²) in [6.07, 6.45) is 0.